The van der Waals surface area contributed by atoms with Gasteiger partial charge in [0.25, 0.3) is 0 Å². The lowest BCUT2D eigenvalue weighted by Gasteiger charge is -2.18. The first-order valence-corrected chi connectivity index (χ1v) is 8.24. The maximum Gasteiger partial charge on any atom is 0.123 e. The van der Waals surface area contributed by atoms with E-state index in [1.165, 1.54) is 17.7 Å². The summed E-state index contributed by atoms with van der Waals surface area (Å²) in [5.41, 5.74) is 3.42. The Hall–Kier alpha value is -2.46. The van der Waals surface area contributed by atoms with Gasteiger partial charge in [-0.1, -0.05) is 42.5 Å². The van der Waals surface area contributed by atoms with Crippen molar-refractivity contribution in [1.82, 2.24) is 15.3 Å². The van der Waals surface area contributed by atoms with Crippen molar-refractivity contribution < 1.29 is 4.39 Å². The van der Waals surface area contributed by atoms with Crippen molar-refractivity contribution in [2.75, 3.05) is 6.54 Å². The molecular formula is C20H22FN3. The number of aromatic nitrogens is 2. The zero-order valence-corrected chi connectivity index (χ0v) is 13.8. The summed E-state index contributed by atoms with van der Waals surface area (Å²) >= 11 is 0. The Morgan fingerprint density at radius 2 is 1.83 bits per heavy atom. The highest BCUT2D eigenvalue weighted by Crippen LogP contribution is 2.18. The quantitative estimate of drug-likeness (QED) is 0.690. The van der Waals surface area contributed by atoms with Crippen LogP contribution in [0.3, 0.4) is 0 Å². The van der Waals surface area contributed by atoms with Crippen molar-refractivity contribution in [1.29, 1.82) is 0 Å². The van der Waals surface area contributed by atoms with E-state index in [4.69, 9.17) is 0 Å². The highest BCUT2D eigenvalue weighted by Gasteiger charge is 2.14. The Balaban J connectivity index is 1.68. The van der Waals surface area contributed by atoms with Crippen LogP contribution in [0.2, 0.25) is 0 Å². The second-order valence-electron chi connectivity index (χ2n) is 6.01. The second-order valence-corrected chi connectivity index (χ2v) is 6.01. The molecule has 4 heteroatoms. The summed E-state index contributed by atoms with van der Waals surface area (Å²) < 4.78 is 13.2. The molecule has 0 bridgehead atoms. The van der Waals surface area contributed by atoms with Crippen LogP contribution < -0.4 is 5.32 Å². The number of nitrogens with zero attached hydrogens (tertiary/aromatic N) is 1. The highest BCUT2D eigenvalue weighted by atomic mass is 19.1. The molecule has 0 fully saturated rings. The molecule has 24 heavy (non-hydrogen) atoms. The minimum absolute atomic E-state index is 0.0971. The predicted molar refractivity (Wildman–Crippen MR) is 94.3 cm³/mol. The molecule has 0 radical (unpaired) electrons. The first-order valence-electron chi connectivity index (χ1n) is 8.24. The number of imidazole rings is 1. The van der Waals surface area contributed by atoms with Crippen molar-refractivity contribution >= 4 is 0 Å². The number of halogens is 1. The summed E-state index contributed by atoms with van der Waals surface area (Å²) in [6.45, 7) is 2.85. The Kier molecular flexibility index (Phi) is 5.39. The van der Waals surface area contributed by atoms with Crippen molar-refractivity contribution in [3.8, 4) is 0 Å². The molecule has 1 aromatic heterocycles. The molecule has 0 aliphatic rings. The SMILES string of the molecule is Cc1cnc(CC(NCCc2ccccc2)c2ccc(F)cc2)[nH]1. The Morgan fingerprint density at radius 1 is 1.08 bits per heavy atom. The van der Waals surface area contributed by atoms with Crippen LogP contribution in [0.1, 0.15) is 28.7 Å². The molecule has 2 aromatic carbocycles. The molecule has 1 atom stereocenters. The largest absolute Gasteiger partial charge is 0.346 e. The van der Waals surface area contributed by atoms with Crippen molar-refractivity contribution in [2.45, 2.75) is 25.8 Å². The summed E-state index contributed by atoms with van der Waals surface area (Å²) in [6.07, 6.45) is 3.53. The number of aryl methyl sites for hydroxylation is 1. The van der Waals surface area contributed by atoms with Crippen LogP contribution in [-0.4, -0.2) is 16.5 Å². The molecule has 0 spiro atoms. The fourth-order valence-corrected chi connectivity index (χ4v) is 2.80. The van der Waals surface area contributed by atoms with Crippen molar-refractivity contribution in [3.05, 3.63) is 89.3 Å². The van der Waals surface area contributed by atoms with Crippen molar-refractivity contribution in [3.63, 3.8) is 0 Å². The van der Waals surface area contributed by atoms with Gasteiger partial charge in [0.2, 0.25) is 0 Å². The molecule has 0 aliphatic heterocycles. The Morgan fingerprint density at radius 3 is 2.50 bits per heavy atom. The van der Waals surface area contributed by atoms with Gasteiger partial charge in [0.1, 0.15) is 11.6 Å². The summed E-state index contributed by atoms with van der Waals surface area (Å²) in [5, 5.41) is 3.58. The van der Waals surface area contributed by atoms with Gasteiger partial charge in [-0.15, -0.1) is 0 Å². The molecule has 3 nitrogen and oxygen atoms in total. The summed E-state index contributed by atoms with van der Waals surface area (Å²) in [4.78, 5) is 7.67. The third-order valence-electron chi connectivity index (χ3n) is 4.07. The minimum atomic E-state index is -0.212. The Bertz CT molecular complexity index is 750. The van der Waals surface area contributed by atoms with E-state index in [0.717, 1.165) is 36.5 Å². The predicted octanol–water partition coefficient (Wildman–Crippen LogP) is 3.97. The van der Waals surface area contributed by atoms with E-state index < -0.39 is 0 Å². The van der Waals surface area contributed by atoms with Crippen LogP contribution in [0.5, 0.6) is 0 Å². The van der Waals surface area contributed by atoms with Gasteiger partial charge in [-0.25, -0.2) is 9.37 Å². The number of benzene rings is 2. The average Bonchev–Trinajstić information content (AvgIpc) is 3.01. The first-order chi connectivity index (χ1) is 11.7. The summed E-state index contributed by atoms with van der Waals surface area (Å²) in [6, 6.07) is 17.2. The molecule has 0 aliphatic carbocycles. The molecule has 124 valence electrons. The third kappa shape index (κ3) is 4.52. The van der Waals surface area contributed by atoms with E-state index in [-0.39, 0.29) is 11.9 Å². The fraction of sp³-hybridized carbons (Fsp3) is 0.250. The molecule has 3 rings (SSSR count). The average molecular weight is 323 g/mol. The highest BCUT2D eigenvalue weighted by molar-refractivity contribution is 5.22. The molecule has 1 unspecified atom stereocenters. The number of hydrogen-bond donors (Lipinski definition) is 2. The number of nitrogens with one attached hydrogen (secondary N) is 2. The van der Waals surface area contributed by atoms with Crippen LogP contribution in [0, 0.1) is 12.7 Å². The lowest BCUT2D eigenvalue weighted by atomic mass is 10.0. The standard InChI is InChI=1S/C20H22FN3/c1-15-14-23-20(24-15)13-19(17-7-9-18(21)10-8-17)22-12-11-16-5-3-2-4-6-16/h2-10,14,19,22H,11-13H2,1H3,(H,23,24). The van der Waals surface area contributed by atoms with Gasteiger partial charge in [-0.2, -0.15) is 0 Å². The summed E-state index contributed by atoms with van der Waals surface area (Å²) in [7, 11) is 0. The molecule has 1 heterocycles. The number of hydrogen-bond acceptors (Lipinski definition) is 2. The van der Waals surface area contributed by atoms with Crippen LogP contribution in [0.4, 0.5) is 4.39 Å². The second kappa shape index (κ2) is 7.88. The maximum atomic E-state index is 13.2. The first kappa shape index (κ1) is 16.4. The van der Waals surface area contributed by atoms with Gasteiger partial charge in [-0.05, 0) is 43.1 Å². The topological polar surface area (TPSA) is 40.7 Å². The van der Waals surface area contributed by atoms with E-state index in [0.29, 0.717) is 0 Å². The van der Waals surface area contributed by atoms with Crippen LogP contribution in [0.15, 0.2) is 60.8 Å². The lowest BCUT2D eigenvalue weighted by Crippen LogP contribution is -2.26. The minimum Gasteiger partial charge on any atom is -0.346 e. The van der Waals surface area contributed by atoms with Gasteiger partial charge in [0, 0.05) is 24.4 Å². The lowest BCUT2D eigenvalue weighted by molar-refractivity contribution is 0.523. The van der Waals surface area contributed by atoms with Crippen LogP contribution >= 0.6 is 0 Å². The van der Waals surface area contributed by atoms with Crippen molar-refractivity contribution in [2.24, 2.45) is 0 Å². The van der Waals surface area contributed by atoms with Gasteiger partial charge < -0.3 is 10.3 Å². The number of rotatable bonds is 7. The molecule has 0 saturated heterocycles. The molecule has 3 aromatic rings. The van der Waals surface area contributed by atoms with E-state index >= 15 is 0 Å². The van der Waals surface area contributed by atoms with Crippen LogP contribution in [-0.2, 0) is 12.8 Å². The van der Waals surface area contributed by atoms with Gasteiger partial charge in [-0.3, -0.25) is 0 Å². The van der Waals surface area contributed by atoms with Crippen LogP contribution in [0.25, 0.3) is 0 Å². The smallest absolute Gasteiger partial charge is 0.123 e. The molecule has 0 amide bonds. The molecule has 0 saturated carbocycles. The molecule has 2 N–H and O–H groups in total. The van der Waals surface area contributed by atoms with E-state index in [1.54, 1.807) is 0 Å². The fourth-order valence-electron chi connectivity index (χ4n) is 2.80. The van der Waals surface area contributed by atoms with E-state index in [9.17, 15) is 4.39 Å². The van der Waals surface area contributed by atoms with Gasteiger partial charge in [0.15, 0.2) is 0 Å². The van der Waals surface area contributed by atoms with E-state index in [1.807, 2.05) is 31.3 Å². The van der Waals surface area contributed by atoms with E-state index in [2.05, 4.69) is 39.6 Å². The number of H-pyrrole nitrogens is 1. The third-order valence-corrected chi connectivity index (χ3v) is 4.07. The van der Waals surface area contributed by atoms with Gasteiger partial charge in [0.05, 0.1) is 0 Å². The zero-order valence-electron chi connectivity index (χ0n) is 13.8. The zero-order chi connectivity index (χ0) is 16.8. The number of aromatic amines is 1. The summed E-state index contributed by atoms with van der Waals surface area (Å²) in [5.74, 6) is 0.727. The normalized spacial score (nSPS) is 12.2. The van der Waals surface area contributed by atoms with Gasteiger partial charge >= 0.3 is 0 Å². The molecular weight excluding hydrogens is 301 g/mol. The Labute approximate surface area is 142 Å². The monoisotopic (exact) mass is 323 g/mol. The maximum absolute atomic E-state index is 13.2.